The Kier molecular flexibility index (Phi) is 4.37. The smallest absolute Gasteiger partial charge is 0.399 e. The van der Waals surface area contributed by atoms with Crippen molar-refractivity contribution < 1.29 is 9.31 Å². The molecule has 1 aliphatic heterocycles. The van der Waals surface area contributed by atoms with E-state index in [4.69, 9.17) is 14.3 Å². The van der Waals surface area contributed by atoms with Crippen LogP contribution in [0.15, 0.2) is 66.9 Å². The van der Waals surface area contributed by atoms with E-state index in [2.05, 4.69) is 38.7 Å². The maximum atomic E-state index is 6.26. The van der Waals surface area contributed by atoms with Crippen LogP contribution < -0.4 is 5.46 Å². The summed E-state index contributed by atoms with van der Waals surface area (Å²) < 4.78 is 12.5. The van der Waals surface area contributed by atoms with E-state index >= 15 is 0 Å². The maximum Gasteiger partial charge on any atom is 0.495 e. The van der Waals surface area contributed by atoms with Crippen LogP contribution >= 0.6 is 0 Å². The van der Waals surface area contributed by atoms with E-state index < -0.39 is 7.12 Å². The highest BCUT2D eigenvalue weighted by Gasteiger charge is 2.52. The lowest BCUT2D eigenvalue weighted by Gasteiger charge is -2.32. The second kappa shape index (κ2) is 6.59. The normalized spacial score (nSPS) is 17.9. The van der Waals surface area contributed by atoms with Gasteiger partial charge in [-0.15, -0.1) is 0 Å². The van der Waals surface area contributed by atoms with Gasteiger partial charge in [-0.05, 0) is 39.2 Å². The second-order valence-corrected chi connectivity index (χ2v) is 7.81. The molecule has 136 valence electrons. The molecule has 0 amide bonds. The average molecular weight is 358 g/mol. The highest BCUT2D eigenvalue weighted by Crippen LogP contribution is 2.37. The topological polar surface area (TPSA) is 44.2 Å². The predicted molar refractivity (Wildman–Crippen MR) is 109 cm³/mol. The summed E-state index contributed by atoms with van der Waals surface area (Å²) in [6.45, 7) is 8.25. The van der Waals surface area contributed by atoms with Crippen LogP contribution in [-0.4, -0.2) is 28.3 Å². The van der Waals surface area contributed by atoms with Crippen molar-refractivity contribution in [1.29, 1.82) is 0 Å². The highest BCUT2D eigenvalue weighted by atomic mass is 16.7. The molecule has 1 saturated heterocycles. The van der Waals surface area contributed by atoms with Gasteiger partial charge in [0.15, 0.2) is 5.82 Å². The Bertz CT molecular complexity index is 941. The molecule has 4 rings (SSSR count). The van der Waals surface area contributed by atoms with E-state index in [9.17, 15) is 0 Å². The molecule has 0 atom stereocenters. The van der Waals surface area contributed by atoms with Gasteiger partial charge in [-0.25, -0.2) is 9.97 Å². The Labute approximate surface area is 160 Å². The van der Waals surface area contributed by atoms with Gasteiger partial charge in [0.05, 0.1) is 16.9 Å². The van der Waals surface area contributed by atoms with Crippen LogP contribution in [0.1, 0.15) is 27.7 Å². The molecule has 5 heteroatoms. The summed E-state index contributed by atoms with van der Waals surface area (Å²) in [4.78, 5) is 9.23. The van der Waals surface area contributed by atoms with Gasteiger partial charge in [-0.3, -0.25) is 0 Å². The Balaban J connectivity index is 1.75. The summed E-state index contributed by atoms with van der Waals surface area (Å²) >= 11 is 0. The van der Waals surface area contributed by atoms with Crippen molar-refractivity contribution in [3.8, 4) is 22.6 Å². The molecular formula is C22H23BN2O2. The van der Waals surface area contributed by atoms with E-state index in [1.165, 1.54) is 0 Å². The molecule has 1 fully saturated rings. The summed E-state index contributed by atoms with van der Waals surface area (Å²) in [5.41, 5.74) is 3.06. The van der Waals surface area contributed by atoms with Gasteiger partial charge < -0.3 is 9.31 Å². The van der Waals surface area contributed by atoms with Gasteiger partial charge in [0.25, 0.3) is 0 Å². The zero-order valence-corrected chi connectivity index (χ0v) is 16.1. The quantitative estimate of drug-likeness (QED) is 0.661. The number of hydrogen-bond acceptors (Lipinski definition) is 4. The lowest BCUT2D eigenvalue weighted by Crippen LogP contribution is -2.41. The van der Waals surface area contributed by atoms with Crippen LogP contribution in [0, 0.1) is 0 Å². The summed E-state index contributed by atoms with van der Waals surface area (Å²) in [5.74, 6) is 0.705. The lowest BCUT2D eigenvalue weighted by molar-refractivity contribution is 0.00578. The predicted octanol–water partition coefficient (Wildman–Crippen LogP) is 4.11. The molecule has 4 nitrogen and oxygen atoms in total. The molecule has 0 saturated carbocycles. The minimum atomic E-state index is -0.429. The first-order valence-corrected chi connectivity index (χ1v) is 9.21. The number of benzene rings is 2. The van der Waals surface area contributed by atoms with Crippen molar-refractivity contribution in [3.05, 3.63) is 66.9 Å². The van der Waals surface area contributed by atoms with Gasteiger partial charge in [-0.1, -0.05) is 54.6 Å². The monoisotopic (exact) mass is 358 g/mol. The Morgan fingerprint density at radius 2 is 1.41 bits per heavy atom. The third-order valence-electron chi connectivity index (χ3n) is 5.43. The first-order valence-electron chi connectivity index (χ1n) is 9.21. The van der Waals surface area contributed by atoms with Crippen molar-refractivity contribution >= 4 is 12.6 Å². The number of nitrogens with zero attached hydrogens (tertiary/aromatic N) is 2. The lowest BCUT2D eigenvalue weighted by atomic mass is 9.75. The molecule has 0 aliphatic carbocycles. The van der Waals surface area contributed by atoms with Crippen LogP contribution in [-0.2, 0) is 9.31 Å². The zero-order valence-electron chi connectivity index (χ0n) is 16.1. The molecule has 27 heavy (non-hydrogen) atoms. The first-order chi connectivity index (χ1) is 12.9. The Hall–Kier alpha value is -2.50. The first kappa shape index (κ1) is 17.9. The van der Waals surface area contributed by atoms with Crippen LogP contribution in [0.5, 0.6) is 0 Å². The largest absolute Gasteiger partial charge is 0.495 e. The maximum absolute atomic E-state index is 6.26. The third kappa shape index (κ3) is 3.29. The van der Waals surface area contributed by atoms with Crippen LogP contribution in [0.3, 0.4) is 0 Å². The van der Waals surface area contributed by atoms with E-state index in [1.54, 1.807) is 6.20 Å². The van der Waals surface area contributed by atoms with E-state index in [1.807, 2.05) is 54.6 Å². The fourth-order valence-corrected chi connectivity index (χ4v) is 3.14. The summed E-state index contributed by atoms with van der Waals surface area (Å²) in [5, 5.41) is 0. The van der Waals surface area contributed by atoms with Gasteiger partial charge in [0, 0.05) is 17.3 Å². The van der Waals surface area contributed by atoms with Crippen LogP contribution in [0.2, 0.25) is 0 Å². The number of hydrogen-bond donors (Lipinski definition) is 0. The summed E-state index contributed by atoms with van der Waals surface area (Å²) in [7, 11) is -0.429. The summed E-state index contributed by atoms with van der Waals surface area (Å²) in [6, 6.07) is 20.0. The molecule has 0 N–H and O–H groups in total. The fraction of sp³-hybridized carbons (Fsp3) is 0.273. The van der Waals surface area contributed by atoms with Crippen LogP contribution in [0.4, 0.5) is 0 Å². The molecule has 1 aromatic heterocycles. The number of aromatic nitrogens is 2. The highest BCUT2D eigenvalue weighted by molar-refractivity contribution is 6.63. The standard InChI is InChI=1S/C22H23BN2O2/c1-21(2)22(3,4)27-23(26-21)18-13-9-8-12-17(18)19-14-15-24-20(25-19)16-10-6-5-7-11-16/h5-15H,1-4H3. The second-order valence-electron chi connectivity index (χ2n) is 7.81. The van der Waals surface area contributed by atoms with Crippen molar-refractivity contribution in [2.45, 2.75) is 38.9 Å². The van der Waals surface area contributed by atoms with Gasteiger partial charge in [0.1, 0.15) is 0 Å². The van der Waals surface area contributed by atoms with Gasteiger partial charge in [0.2, 0.25) is 0 Å². The molecular weight excluding hydrogens is 335 g/mol. The molecule has 2 heterocycles. The molecule has 0 unspecified atom stereocenters. The van der Waals surface area contributed by atoms with Crippen molar-refractivity contribution in [2.24, 2.45) is 0 Å². The van der Waals surface area contributed by atoms with E-state index in [-0.39, 0.29) is 11.2 Å². The van der Waals surface area contributed by atoms with Crippen molar-refractivity contribution in [1.82, 2.24) is 9.97 Å². The van der Waals surface area contributed by atoms with Gasteiger partial charge in [-0.2, -0.15) is 0 Å². The fourth-order valence-electron chi connectivity index (χ4n) is 3.14. The minimum absolute atomic E-state index is 0.383. The van der Waals surface area contributed by atoms with Gasteiger partial charge >= 0.3 is 7.12 Å². The van der Waals surface area contributed by atoms with Crippen molar-refractivity contribution in [2.75, 3.05) is 0 Å². The van der Waals surface area contributed by atoms with Crippen LogP contribution in [0.25, 0.3) is 22.6 Å². The molecule has 0 spiro atoms. The summed E-state index contributed by atoms with van der Waals surface area (Å²) in [6.07, 6.45) is 1.80. The molecule has 0 radical (unpaired) electrons. The molecule has 3 aromatic rings. The minimum Gasteiger partial charge on any atom is -0.399 e. The Morgan fingerprint density at radius 1 is 0.778 bits per heavy atom. The zero-order chi connectivity index (χ0) is 19.1. The van der Waals surface area contributed by atoms with E-state index in [0.29, 0.717) is 5.82 Å². The molecule has 2 aromatic carbocycles. The van der Waals surface area contributed by atoms with Crippen molar-refractivity contribution in [3.63, 3.8) is 0 Å². The Morgan fingerprint density at radius 3 is 2.11 bits per heavy atom. The average Bonchev–Trinajstić information content (AvgIpc) is 2.90. The van der Waals surface area contributed by atoms with E-state index in [0.717, 1.165) is 22.3 Å². The number of rotatable bonds is 3. The molecule has 1 aliphatic rings. The SMILES string of the molecule is CC1(C)OB(c2ccccc2-c2ccnc(-c3ccccc3)n2)OC1(C)C. The molecule has 0 bridgehead atoms. The third-order valence-corrected chi connectivity index (χ3v) is 5.43.